The topological polar surface area (TPSA) is 60.6 Å². The normalized spacial score (nSPS) is 10.3. The lowest BCUT2D eigenvalue weighted by Crippen LogP contribution is -2.02. The molecule has 1 aromatic heterocycles. The molecule has 7 heteroatoms. The molecule has 0 unspecified atom stereocenters. The van der Waals surface area contributed by atoms with Gasteiger partial charge in [0.2, 0.25) is 0 Å². The first-order valence-corrected chi connectivity index (χ1v) is 7.49. The molecule has 1 heterocycles. The second kappa shape index (κ2) is 6.53. The number of aromatic amines is 1. The molecule has 21 heavy (non-hydrogen) atoms. The molecule has 0 fully saturated rings. The van der Waals surface area contributed by atoms with Gasteiger partial charge >= 0.3 is 5.97 Å². The third kappa shape index (κ3) is 2.94. The lowest BCUT2D eigenvalue weighted by atomic mass is 10.1. The van der Waals surface area contributed by atoms with Crippen LogP contribution in [0.15, 0.2) is 27.1 Å². The molecule has 0 aliphatic carbocycles. The van der Waals surface area contributed by atoms with Crippen LogP contribution in [0.3, 0.4) is 0 Å². The summed E-state index contributed by atoms with van der Waals surface area (Å²) in [4.78, 5) is 14.7. The quantitative estimate of drug-likeness (QED) is 0.762. The van der Waals surface area contributed by atoms with Crippen molar-refractivity contribution >= 4 is 37.8 Å². The number of hydrogen-bond donors (Lipinski definition) is 1. The number of esters is 1. The molecule has 1 aromatic carbocycles. The van der Waals surface area contributed by atoms with E-state index in [0.717, 1.165) is 15.7 Å². The molecular formula is C14H13Br2NO4. The summed E-state index contributed by atoms with van der Waals surface area (Å²) >= 11 is 6.83. The zero-order valence-corrected chi connectivity index (χ0v) is 14.8. The lowest BCUT2D eigenvalue weighted by Gasteiger charge is -2.09. The van der Waals surface area contributed by atoms with Gasteiger partial charge in [0, 0.05) is 5.56 Å². The van der Waals surface area contributed by atoms with Crippen LogP contribution >= 0.6 is 31.9 Å². The zero-order chi connectivity index (χ0) is 15.6. The maximum absolute atomic E-state index is 11.7. The number of hydrogen-bond acceptors (Lipinski definition) is 4. The third-order valence-electron chi connectivity index (χ3n) is 2.94. The fourth-order valence-corrected chi connectivity index (χ4v) is 2.87. The van der Waals surface area contributed by atoms with Gasteiger partial charge in [-0.2, -0.15) is 0 Å². The highest BCUT2D eigenvalue weighted by Crippen LogP contribution is 2.39. The van der Waals surface area contributed by atoms with Crippen LogP contribution in [0.4, 0.5) is 0 Å². The Morgan fingerprint density at radius 1 is 1.05 bits per heavy atom. The molecule has 1 N–H and O–H groups in total. The Hall–Kier alpha value is -1.47. The minimum absolute atomic E-state index is 0.342. The van der Waals surface area contributed by atoms with Gasteiger partial charge in [-0.05, 0) is 50.1 Å². The molecule has 0 saturated carbocycles. The maximum atomic E-state index is 11.7. The summed E-state index contributed by atoms with van der Waals surface area (Å²) in [6.45, 7) is 0. The molecule has 0 aliphatic heterocycles. The molecule has 0 saturated heterocycles. The van der Waals surface area contributed by atoms with Gasteiger partial charge in [0.1, 0.15) is 5.69 Å². The van der Waals surface area contributed by atoms with Crippen LogP contribution < -0.4 is 9.47 Å². The molecule has 2 aromatic rings. The standard InChI is InChI=1S/C14H13Br2NO4/c1-19-8-5-4-7(6-9(8)20-2)12-10(15)11(16)13(17-12)14(18)21-3/h4-6,17H,1-3H3. The van der Waals surface area contributed by atoms with E-state index in [4.69, 9.17) is 14.2 Å². The van der Waals surface area contributed by atoms with Crippen LogP contribution in [0.1, 0.15) is 10.5 Å². The monoisotopic (exact) mass is 417 g/mol. The van der Waals surface area contributed by atoms with Crippen molar-refractivity contribution in [3.63, 3.8) is 0 Å². The average Bonchev–Trinajstić information content (AvgIpc) is 2.82. The first-order valence-electron chi connectivity index (χ1n) is 5.91. The highest BCUT2D eigenvalue weighted by Gasteiger charge is 2.21. The summed E-state index contributed by atoms with van der Waals surface area (Å²) in [6, 6.07) is 5.49. The molecule has 2 rings (SSSR count). The Morgan fingerprint density at radius 3 is 2.29 bits per heavy atom. The first-order chi connectivity index (χ1) is 10.0. The van der Waals surface area contributed by atoms with Gasteiger partial charge in [-0.1, -0.05) is 0 Å². The van der Waals surface area contributed by atoms with Gasteiger partial charge < -0.3 is 19.2 Å². The number of rotatable bonds is 4. The van der Waals surface area contributed by atoms with E-state index < -0.39 is 5.97 Å². The van der Waals surface area contributed by atoms with Crippen LogP contribution in [0.5, 0.6) is 11.5 Å². The Morgan fingerprint density at radius 2 is 1.71 bits per heavy atom. The number of aromatic nitrogens is 1. The molecule has 0 atom stereocenters. The Bertz CT molecular complexity index is 682. The lowest BCUT2D eigenvalue weighted by molar-refractivity contribution is 0.0594. The Labute approximate surface area is 138 Å². The summed E-state index contributed by atoms with van der Waals surface area (Å²) in [5.74, 6) is 0.790. The molecule has 0 radical (unpaired) electrons. The van der Waals surface area contributed by atoms with E-state index in [1.54, 1.807) is 20.3 Å². The fourth-order valence-electron chi connectivity index (χ4n) is 1.89. The maximum Gasteiger partial charge on any atom is 0.355 e. The van der Waals surface area contributed by atoms with Crippen molar-refractivity contribution in [3.05, 3.63) is 32.8 Å². The summed E-state index contributed by atoms with van der Waals surface area (Å²) in [5.41, 5.74) is 1.92. The van der Waals surface area contributed by atoms with E-state index >= 15 is 0 Å². The van der Waals surface area contributed by atoms with Gasteiger partial charge in [-0.15, -0.1) is 0 Å². The van der Waals surface area contributed by atoms with Crippen LogP contribution in [-0.2, 0) is 4.74 Å². The predicted molar refractivity (Wildman–Crippen MR) is 86.1 cm³/mol. The van der Waals surface area contributed by atoms with Crippen LogP contribution in [0.25, 0.3) is 11.3 Å². The molecule has 0 aliphatic rings. The van der Waals surface area contributed by atoms with Gasteiger partial charge in [-0.25, -0.2) is 4.79 Å². The number of benzene rings is 1. The second-order valence-corrected chi connectivity index (χ2v) is 5.65. The smallest absolute Gasteiger partial charge is 0.355 e. The highest BCUT2D eigenvalue weighted by molar-refractivity contribution is 9.13. The number of ether oxygens (including phenoxy) is 3. The molecule has 0 bridgehead atoms. The summed E-state index contributed by atoms with van der Waals surface area (Å²) in [7, 11) is 4.48. The van der Waals surface area contributed by atoms with E-state index in [1.165, 1.54) is 7.11 Å². The number of halogens is 2. The van der Waals surface area contributed by atoms with Crippen molar-refractivity contribution in [2.24, 2.45) is 0 Å². The minimum Gasteiger partial charge on any atom is -0.493 e. The predicted octanol–water partition coefficient (Wildman–Crippen LogP) is 4.01. The van der Waals surface area contributed by atoms with Gasteiger partial charge in [0.15, 0.2) is 11.5 Å². The van der Waals surface area contributed by atoms with E-state index in [0.29, 0.717) is 21.7 Å². The first kappa shape index (κ1) is 15.9. The summed E-state index contributed by atoms with van der Waals surface area (Å²) in [6.07, 6.45) is 0. The number of methoxy groups -OCH3 is 3. The molecule has 112 valence electrons. The summed E-state index contributed by atoms with van der Waals surface area (Å²) in [5, 5.41) is 0. The van der Waals surface area contributed by atoms with Crippen LogP contribution in [-0.4, -0.2) is 32.3 Å². The molecular weight excluding hydrogens is 406 g/mol. The van der Waals surface area contributed by atoms with E-state index in [-0.39, 0.29) is 0 Å². The van der Waals surface area contributed by atoms with Crippen LogP contribution in [0.2, 0.25) is 0 Å². The van der Waals surface area contributed by atoms with E-state index in [1.807, 2.05) is 12.1 Å². The van der Waals surface area contributed by atoms with E-state index in [2.05, 4.69) is 36.8 Å². The molecule has 0 spiro atoms. The van der Waals surface area contributed by atoms with Crippen molar-refractivity contribution in [1.82, 2.24) is 4.98 Å². The van der Waals surface area contributed by atoms with Crippen molar-refractivity contribution in [1.29, 1.82) is 0 Å². The Balaban J connectivity index is 2.54. The fraction of sp³-hybridized carbons (Fsp3) is 0.214. The Kier molecular flexibility index (Phi) is 4.95. The largest absolute Gasteiger partial charge is 0.493 e. The molecule has 5 nitrogen and oxygen atoms in total. The van der Waals surface area contributed by atoms with Crippen LogP contribution in [0, 0.1) is 0 Å². The average molecular weight is 419 g/mol. The minimum atomic E-state index is -0.450. The van der Waals surface area contributed by atoms with E-state index in [9.17, 15) is 4.79 Å². The van der Waals surface area contributed by atoms with Crippen molar-refractivity contribution in [3.8, 4) is 22.8 Å². The second-order valence-electron chi connectivity index (χ2n) is 4.06. The number of carbonyl (C=O) groups is 1. The number of carbonyl (C=O) groups excluding carboxylic acids is 1. The zero-order valence-electron chi connectivity index (χ0n) is 11.6. The van der Waals surface area contributed by atoms with Gasteiger partial charge in [0.05, 0.1) is 36.0 Å². The summed E-state index contributed by atoms with van der Waals surface area (Å²) < 4.78 is 16.6. The SMILES string of the molecule is COC(=O)c1[nH]c(-c2ccc(OC)c(OC)c2)c(Br)c1Br. The number of nitrogens with one attached hydrogen (secondary N) is 1. The van der Waals surface area contributed by atoms with Gasteiger partial charge in [-0.3, -0.25) is 0 Å². The van der Waals surface area contributed by atoms with Crippen molar-refractivity contribution in [2.75, 3.05) is 21.3 Å². The number of H-pyrrole nitrogens is 1. The third-order valence-corrected chi connectivity index (χ3v) is 5.06. The highest BCUT2D eigenvalue weighted by atomic mass is 79.9. The molecule has 0 amide bonds. The van der Waals surface area contributed by atoms with Crippen molar-refractivity contribution in [2.45, 2.75) is 0 Å². The van der Waals surface area contributed by atoms with Crippen molar-refractivity contribution < 1.29 is 19.0 Å². The van der Waals surface area contributed by atoms with Gasteiger partial charge in [0.25, 0.3) is 0 Å².